The van der Waals surface area contributed by atoms with Crippen LogP contribution in [0, 0.1) is 12.8 Å². The molecule has 7 heteroatoms. The van der Waals surface area contributed by atoms with Crippen LogP contribution in [0.25, 0.3) is 0 Å². The number of carbonyl (C=O) groups is 1. The number of aryl methyl sites for hydroxylation is 4. The third-order valence-electron chi connectivity index (χ3n) is 5.83. The van der Waals surface area contributed by atoms with Crippen LogP contribution in [-0.2, 0) is 26.4 Å². The van der Waals surface area contributed by atoms with Crippen LogP contribution in [0.4, 0.5) is 0 Å². The van der Waals surface area contributed by atoms with Crippen LogP contribution in [0.5, 0.6) is 0 Å². The van der Waals surface area contributed by atoms with Gasteiger partial charge in [-0.15, -0.1) is 0 Å². The minimum Gasteiger partial charge on any atom is -0.337 e. The second kappa shape index (κ2) is 7.29. The number of nitrogens with zero attached hydrogens (tertiary/aromatic N) is 5. The Hall–Kier alpha value is -2.44. The van der Waals surface area contributed by atoms with E-state index in [9.17, 15) is 9.59 Å². The Morgan fingerprint density at radius 1 is 1.15 bits per heavy atom. The zero-order valence-electron chi connectivity index (χ0n) is 16.1. The SMILES string of the molecule is Cc1cc(C(=O)N2CCC(Cn3nc4c(cc3=O)CCCC4)CC2)n(C)n1. The van der Waals surface area contributed by atoms with Crippen molar-refractivity contribution in [3.05, 3.63) is 45.1 Å². The van der Waals surface area contributed by atoms with Gasteiger partial charge in [0.05, 0.1) is 11.4 Å². The van der Waals surface area contributed by atoms with E-state index in [0.29, 0.717) is 31.2 Å². The van der Waals surface area contributed by atoms with Gasteiger partial charge in [0, 0.05) is 32.7 Å². The summed E-state index contributed by atoms with van der Waals surface area (Å²) in [5, 5.41) is 8.90. The molecule has 2 aromatic heterocycles. The predicted octanol–water partition coefficient (Wildman–Crippen LogP) is 1.72. The summed E-state index contributed by atoms with van der Waals surface area (Å²) >= 11 is 0. The summed E-state index contributed by atoms with van der Waals surface area (Å²) in [6, 6.07) is 3.62. The van der Waals surface area contributed by atoms with Gasteiger partial charge in [-0.05, 0) is 63.0 Å². The summed E-state index contributed by atoms with van der Waals surface area (Å²) < 4.78 is 3.30. The van der Waals surface area contributed by atoms with Gasteiger partial charge in [0.25, 0.3) is 11.5 Å². The van der Waals surface area contributed by atoms with Crippen molar-refractivity contribution in [3.8, 4) is 0 Å². The maximum Gasteiger partial charge on any atom is 0.272 e. The van der Waals surface area contributed by atoms with Crippen LogP contribution >= 0.6 is 0 Å². The molecule has 0 N–H and O–H groups in total. The Morgan fingerprint density at radius 3 is 2.59 bits per heavy atom. The van der Waals surface area contributed by atoms with Gasteiger partial charge >= 0.3 is 0 Å². The fraction of sp³-hybridized carbons (Fsp3) is 0.600. The van der Waals surface area contributed by atoms with Crippen LogP contribution in [0.2, 0.25) is 0 Å². The number of likely N-dealkylation sites (tertiary alicyclic amines) is 1. The van der Waals surface area contributed by atoms with Gasteiger partial charge in [-0.2, -0.15) is 10.2 Å². The summed E-state index contributed by atoms with van der Waals surface area (Å²) in [7, 11) is 1.81. The molecule has 7 nitrogen and oxygen atoms in total. The number of amides is 1. The van der Waals surface area contributed by atoms with Crippen molar-refractivity contribution in [3.63, 3.8) is 0 Å². The monoisotopic (exact) mass is 369 g/mol. The number of piperidine rings is 1. The molecule has 1 fully saturated rings. The minimum absolute atomic E-state index is 0.0134. The molecule has 0 unspecified atom stereocenters. The van der Waals surface area contributed by atoms with Crippen LogP contribution in [0.15, 0.2) is 16.9 Å². The van der Waals surface area contributed by atoms with E-state index in [1.165, 1.54) is 0 Å². The second-order valence-corrected chi connectivity index (χ2v) is 7.87. The highest BCUT2D eigenvalue weighted by Gasteiger charge is 2.26. The Labute approximate surface area is 159 Å². The topological polar surface area (TPSA) is 73.0 Å². The Kier molecular flexibility index (Phi) is 4.85. The molecule has 4 rings (SSSR count). The van der Waals surface area contributed by atoms with Crippen molar-refractivity contribution in [1.29, 1.82) is 0 Å². The third kappa shape index (κ3) is 3.68. The van der Waals surface area contributed by atoms with E-state index in [4.69, 9.17) is 0 Å². The molecule has 0 bridgehead atoms. The predicted molar refractivity (Wildman–Crippen MR) is 102 cm³/mol. The molecule has 0 saturated carbocycles. The summed E-state index contributed by atoms with van der Waals surface area (Å²) in [4.78, 5) is 27.0. The number of fused-ring (bicyclic) bond motifs is 1. The van der Waals surface area contributed by atoms with Crippen molar-refractivity contribution in [2.45, 2.75) is 52.0 Å². The number of hydrogen-bond acceptors (Lipinski definition) is 4. The van der Waals surface area contributed by atoms with Gasteiger partial charge in [0.2, 0.25) is 0 Å². The van der Waals surface area contributed by atoms with Gasteiger partial charge in [-0.1, -0.05) is 0 Å². The van der Waals surface area contributed by atoms with E-state index in [1.807, 2.05) is 17.9 Å². The molecule has 144 valence electrons. The second-order valence-electron chi connectivity index (χ2n) is 7.87. The molecule has 0 radical (unpaired) electrons. The van der Waals surface area contributed by atoms with Crippen molar-refractivity contribution in [2.75, 3.05) is 13.1 Å². The lowest BCUT2D eigenvalue weighted by molar-refractivity contribution is 0.0669. The van der Waals surface area contributed by atoms with E-state index < -0.39 is 0 Å². The molecule has 3 heterocycles. The number of rotatable bonds is 3. The smallest absolute Gasteiger partial charge is 0.272 e. The molecule has 1 amide bonds. The first-order valence-corrected chi connectivity index (χ1v) is 9.91. The van der Waals surface area contributed by atoms with Crippen LogP contribution < -0.4 is 5.56 Å². The lowest BCUT2D eigenvalue weighted by Gasteiger charge is -2.32. The summed E-state index contributed by atoms with van der Waals surface area (Å²) in [5.74, 6) is 0.426. The molecule has 1 aliphatic carbocycles. The molecular formula is C20H27N5O2. The van der Waals surface area contributed by atoms with Crippen molar-refractivity contribution in [2.24, 2.45) is 13.0 Å². The van der Waals surface area contributed by atoms with E-state index in [-0.39, 0.29) is 11.5 Å². The maximum absolute atomic E-state index is 12.7. The zero-order valence-corrected chi connectivity index (χ0v) is 16.1. The van der Waals surface area contributed by atoms with E-state index in [0.717, 1.165) is 55.5 Å². The van der Waals surface area contributed by atoms with Crippen molar-refractivity contribution in [1.82, 2.24) is 24.5 Å². The number of carbonyl (C=O) groups excluding carboxylic acids is 1. The zero-order chi connectivity index (χ0) is 19.0. The van der Waals surface area contributed by atoms with Crippen LogP contribution in [0.3, 0.4) is 0 Å². The molecule has 1 aliphatic heterocycles. The van der Waals surface area contributed by atoms with E-state index in [2.05, 4.69) is 10.2 Å². The van der Waals surface area contributed by atoms with Gasteiger partial charge in [0.15, 0.2) is 0 Å². The molecule has 27 heavy (non-hydrogen) atoms. The van der Waals surface area contributed by atoms with Gasteiger partial charge in [-0.3, -0.25) is 14.3 Å². The lowest BCUT2D eigenvalue weighted by atomic mass is 9.95. The van der Waals surface area contributed by atoms with Crippen molar-refractivity contribution >= 4 is 5.91 Å². The summed E-state index contributed by atoms with van der Waals surface area (Å²) in [5.41, 5.74) is 3.74. The highest BCUT2D eigenvalue weighted by Crippen LogP contribution is 2.21. The Balaban J connectivity index is 1.39. The first kappa shape index (κ1) is 17.9. The average molecular weight is 369 g/mol. The molecule has 2 aromatic rings. The highest BCUT2D eigenvalue weighted by molar-refractivity contribution is 5.92. The minimum atomic E-state index is 0.0134. The molecular weight excluding hydrogens is 342 g/mol. The van der Waals surface area contributed by atoms with Gasteiger partial charge in [-0.25, -0.2) is 4.68 Å². The van der Waals surface area contributed by atoms with Crippen LogP contribution in [-0.4, -0.2) is 43.5 Å². The Morgan fingerprint density at radius 2 is 1.89 bits per heavy atom. The molecule has 0 aromatic carbocycles. The van der Waals surface area contributed by atoms with E-state index >= 15 is 0 Å². The summed E-state index contributed by atoms with van der Waals surface area (Å²) in [6.07, 6.45) is 6.06. The molecule has 0 atom stereocenters. The first-order chi connectivity index (χ1) is 13.0. The third-order valence-corrected chi connectivity index (χ3v) is 5.83. The highest BCUT2D eigenvalue weighted by atomic mass is 16.2. The molecule has 1 saturated heterocycles. The normalized spacial score (nSPS) is 17.8. The Bertz CT molecular complexity index is 906. The van der Waals surface area contributed by atoms with Crippen molar-refractivity contribution < 1.29 is 4.79 Å². The fourth-order valence-electron chi connectivity index (χ4n) is 4.27. The maximum atomic E-state index is 12.7. The fourth-order valence-corrected chi connectivity index (χ4v) is 4.27. The molecule has 2 aliphatic rings. The first-order valence-electron chi connectivity index (χ1n) is 9.91. The van der Waals surface area contributed by atoms with Crippen LogP contribution in [0.1, 0.15) is 53.1 Å². The van der Waals surface area contributed by atoms with Gasteiger partial charge in [0.1, 0.15) is 5.69 Å². The average Bonchev–Trinajstić information content (AvgIpc) is 3.00. The largest absolute Gasteiger partial charge is 0.337 e. The summed E-state index contributed by atoms with van der Waals surface area (Å²) in [6.45, 7) is 3.98. The molecule has 0 spiro atoms. The standard InChI is InChI=1S/C20H27N5O2/c1-14-11-18(23(2)21-14)20(27)24-9-7-15(8-10-24)13-25-19(26)12-16-5-3-4-6-17(16)22-25/h11-12,15H,3-10,13H2,1-2H3. The van der Waals surface area contributed by atoms with E-state index in [1.54, 1.807) is 22.5 Å². The quantitative estimate of drug-likeness (QED) is 0.826. The number of aromatic nitrogens is 4. The lowest BCUT2D eigenvalue weighted by Crippen LogP contribution is -2.41. The van der Waals surface area contributed by atoms with Gasteiger partial charge < -0.3 is 4.90 Å². The number of hydrogen-bond donors (Lipinski definition) is 0.